The number of esters is 1. The fourth-order valence-electron chi connectivity index (χ4n) is 3.83. The predicted octanol–water partition coefficient (Wildman–Crippen LogP) is 3.39. The lowest BCUT2D eigenvalue weighted by Crippen LogP contribution is -2.59. The minimum absolute atomic E-state index is 0.0235. The molecule has 1 aliphatic heterocycles. The molecule has 2 atom stereocenters. The molecule has 8 nitrogen and oxygen atoms in total. The van der Waals surface area contributed by atoms with E-state index in [1.54, 1.807) is 4.90 Å². The molecule has 0 bridgehead atoms. The van der Waals surface area contributed by atoms with Crippen LogP contribution >= 0.6 is 0 Å². The van der Waals surface area contributed by atoms with Gasteiger partial charge in [0.05, 0.1) is 24.8 Å². The molecule has 2 heterocycles. The summed E-state index contributed by atoms with van der Waals surface area (Å²) in [7, 11) is 1.23. The van der Waals surface area contributed by atoms with Crippen molar-refractivity contribution in [3.63, 3.8) is 0 Å². The second-order valence-electron chi connectivity index (χ2n) is 8.49. The molecule has 0 aliphatic carbocycles. The topological polar surface area (TPSA) is 84.9 Å². The third-order valence-corrected chi connectivity index (χ3v) is 4.92. The number of piperazine rings is 1. The Morgan fingerprint density at radius 1 is 1.10 bits per heavy atom. The van der Waals surface area contributed by atoms with Gasteiger partial charge in [0.2, 0.25) is 0 Å². The summed E-state index contributed by atoms with van der Waals surface area (Å²) in [5.74, 6) is -1.27. The Hall–Kier alpha value is -2.97. The van der Waals surface area contributed by atoms with Crippen molar-refractivity contribution in [2.75, 3.05) is 25.1 Å². The highest BCUT2D eigenvalue weighted by Crippen LogP contribution is 2.33. The molecular weight excluding hydrogens is 391 g/mol. The van der Waals surface area contributed by atoms with Crippen LogP contribution in [-0.2, 0) is 9.47 Å². The first-order valence-corrected chi connectivity index (χ1v) is 9.81. The lowest BCUT2D eigenvalue weighted by Gasteiger charge is -2.45. The largest absolute Gasteiger partial charge is 0.465 e. The summed E-state index contributed by atoms with van der Waals surface area (Å²) in [6, 6.07) is 0.679. The van der Waals surface area contributed by atoms with Crippen molar-refractivity contribution < 1.29 is 23.5 Å². The van der Waals surface area contributed by atoms with Crippen LogP contribution < -0.4 is 4.90 Å². The van der Waals surface area contributed by atoms with Crippen LogP contribution in [0.3, 0.4) is 0 Å². The van der Waals surface area contributed by atoms with Gasteiger partial charge in [-0.25, -0.2) is 14.0 Å². The molecule has 0 saturated carbocycles. The number of nitrogens with zero attached hydrogens (tertiary/aromatic N) is 4. The number of amides is 1. The number of anilines is 1. The number of ether oxygens (including phenoxy) is 2. The minimum atomic E-state index is -0.678. The lowest BCUT2D eigenvalue weighted by molar-refractivity contribution is 0.00563. The van der Waals surface area contributed by atoms with E-state index in [4.69, 9.17) is 9.47 Å². The van der Waals surface area contributed by atoms with Gasteiger partial charge in [-0.1, -0.05) is 0 Å². The third-order valence-electron chi connectivity index (χ3n) is 4.92. The molecule has 1 fully saturated rings. The van der Waals surface area contributed by atoms with Crippen LogP contribution in [-0.4, -0.2) is 64.8 Å². The van der Waals surface area contributed by atoms with Gasteiger partial charge in [0.15, 0.2) is 0 Å². The van der Waals surface area contributed by atoms with E-state index >= 15 is 4.39 Å². The van der Waals surface area contributed by atoms with Gasteiger partial charge in [0.1, 0.15) is 28.1 Å². The molecule has 1 amide bonds. The summed E-state index contributed by atoms with van der Waals surface area (Å²) in [4.78, 5) is 36.8. The number of rotatable bonds is 2. The number of benzene rings is 1. The second kappa shape index (κ2) is 8.04. The minimum Gasteiger partial charge on any atom is -0.465 e. The molecule has 1 saturated heterocycles. The van der Waals surface area contributed by atoms with Crippen molar-refractivity contribution in [3.05, 3.63) is 29.8 Å². The summed E-state index contributed by atoms with van der Waals surface area (Å²) >= 11 is 0. The van der Waals surface area contributed by atoms with Crippen molar-refractivity contribution >= 4 is 28.8 Å². The van der Waals surface area contributed by atoms with E-state index in [0.29, 0.717) is 13.1 Å². The van der Waals surface area contributed by atoms with Crippen LogP contribution in [0.2, 0.25) is 0 Å². The summed E-state index contributed by atoms with van der Waals surface area (Å²) in [5.41, 5.74) is 0.234. The molecule has 1 aliphatic rings. The smallest absolute Gasteiger partial charge is 0.410 e. The first-order chi connectivity index (χ1) is 14.0. The zero-order valence-corrected chi connectivity index (χ0v) is 18.1. The van der Waals surface area contributed by atoms with E-state index < -0.39 is 23.5 Å². The van der Waals surface area contributed by atoms with Gasteiger partial charge in [0.25, 0.3) is 0 Å². The molecule has 162 valence electrons. The van der Waals surface area contributed by atoms with Crippen molar-refractivity contribution in [1.82, 2.24) is 14.9 Å². The highest BCUT2D eigenvalue weighted by atomic mass is 19.1. The molecule has 1 aromatic heterocycles. The number of carbonyl (C=O) groups excluding carboxylic acids is 2. The Morgan fingerprint density at radius 2 is 1.67 bits per heavy atom. The molecule has 3 rings (SSSR count). The fraction of sp³-hybridized carbons (Fsp3) is 0.524. The average Bonchev–Trinajstić information content (AvgIpc) is 2.64. The van der Waals surface area contributed by atoms with Gasteiger partial charge in [-0.05, 0) is 40.7 Å². The van der Waals surface area contributed by atoms with Crippen molar-refractivity contribution in [3.8, 4) is 0 Å². The van der Waals surface area contributed by atoms with E-state index in [1.807, 2.05) is 39.5 Å². The molecule has 9 heteroatoms. The van der Waals surface area contributed by atoms with E-state index in [2.05, 4.69) is 9.97 Å². The number of fused-ring (bicyclic) bond motifs is 1. The van der Waals surface area contributed by atoms with Crippen LogP contribution in [0.25, 0.3) is 11.0 Å². The number of halogens is 1. The average molecular weight is 418 g/mol. The Bertz CT molecular complexity index is 963. The lowest BCUT2D eigenvalue weighted by atomic mass is 10.0. The van der Waals surface area contributed by atoms with Crippen molar-refractivity contribution in [1.29, 1.82) is 0 Å². The Labute approximate surface area is 175 Å². The maximum absolute atomic E-state index is 15.2. The van der Waals surface area contributed by atoms with Gasteiger partial charge in [-0.3, -0.25) is 14.9 Å². The summed E-state index contributed by atoms with van der Waals surface area (Å²) in [6.45, 7) is 9.99. The molecular formula is C21H27FN4O4. The van der Waals surface area contributed by atoms with Crippen molar-refractivity contribution in [2.24, 2.45) is 0 Å². The normalized spacial score (nSPS) is 19.7. The number of hydrogen-bond acceptors (Lipinski definition) is 7. The maximum atomic E-state index is 15.2. The Morgan fingerprint density at radius 3 is 2.20 bits per heavy atom. The monoisotopic (exact) mass is 418 g/mol. The van der Waals surface area contributed by atoms with Gasteiger partial charge >= 0.3 is 12.1 Å². The summed E-state index contributed by atoms with van der Waals surface area (Å²) in [6.07, 6.45) is 2.51. The van der Waals surface area contributed by atoms with Crippen LogP contribution in [0.4, 0.5) is 14.9 Å². The van der Waals surface area contributed by atoms with E-state index in [1.165, 1.54) is 19.5 Å². The number of methoxy groups -OCH3 is 1. The van der Waals surface area contributed by atoms with Gasteiger partial charge in [0, 0.05) is 25.5 Å². The van der Waals surface area contributed by atoms with E-state index in [9.17, 15) is 9.59 Å². The summed E-state index contributed by atoms with van der Waals surface area (Å²) < 4.78 is 25.5. The van der Waals surface area contributed by atoms with Crippen LogP contribution in [0.5, 0.6) is 0 Å². The first kappa shape index (κ1) is 21.7. The van der Waals surface area contributed by atoms with Gasteiger partial charge in [-0.15, -0.1) is 0 Å². The highest BCUT2D eigenvalue weighted by Gasteiger charge is 2.37. The fourth-order valence-corrected chi connectivity index (χ4v) is 3.83. The number of aromatic nitrogens is 2. The van der Waals surface area contributed by atoms with E-state index in [0.717, 1.165) is 6.07 Å². The molecule has 30 heavy (non-hydrogen) atoms. The van der Waals surface area contributed by atoms with Crippen LogP contribution in [0, 0.1) is 5.82 Å². The van der Waals surface area contributed by atoms with Gasteiger partial charge < -0.3 is 14.4 Å². The highest BCUT2D eigenvalue weighted by molar-refractivity contribution is 6.05. The van der Waals surface area contributed by atoms with Crippen LogP contribution in [0.1, 0.15) is 45.0 Å². The molecule has 2 aromatic rings. The quantitative estimate of drug-likeness (QED) is 0.691. The molecule has 0 unspecified atom stereocenters. The Balaban J connectivity index is 1.97. The molecule has 1 aromatic carbocycles. The zero-order valence-electron chi connectivity index (χ0n) is 18.1. The SMILES string of the molecule is COC(=O)c1cc(F)c(N2C[C@@H](C)N(C(=O)OC(C)(C)C)[C@@H](C)C2)c2nccnc12. The van der Waals surface area contributed by atoms with Crippen LogP contribution in [0.15, 0.2) is 18.5 Å². The van der Waals surface area contributed by atoms with Gasteiger partial charge in [-0.2, -0.15) is 0 Å². The molecule has 0 N–H and O–H groups in total. The molecule has 0 radical (unpaired) electrons. The second-order valence-corrected chi connectivity index (χ2v) is 8.49. The maximum Gasteiger partial charge on any atom is 0.410 e. The Kier molecular flexibility index (Phi) is 5.83. The first-order valence-electron chi connectivity index (χ1n) is 9.81. The third kappa shape index (κ3) is 4.15. The zero-order chi connectivity index (χ0) is 22.2. The standard InChI is InChI=1S/C21H27FN4O4/c1-12-10-25(11-13(2)26(12)20(28)30-21(3,4)5)18-15(22)9-14(19(27)29-6)16-17(18)24-8-7-23-16/h7-9,12-13H,10-11H2,1-6H3/t12-,13+. The molecule has 0 spiro atoms. The van der Waals surface area contributed by atoms with Crippen molar-refractivity contribution in [2.45, 2.75) is 52.3 Å². The predicted molar refractivity (Wildman–Crippen MR) is 110 cm³/mol. The number of hydrogen-bond donors (Lipinski definition) is 0. The number of carbonyl (C=O) groups is 2. The summed E-state index contributed by atoms with van der Waals surface area (Å²) in [5, 5.41) is 0. The van der Waals surface area contributed by atoms with E-state index in [-0.39, 0.29) is 34.4 Å².